The largest absolute Gasteiger partial charge is 0.340 e. The number of rotatable bonds is 6. The van der Waals surface area contributed by atoms with Gasteiger partial charge in [-0.2, -0.15) is 0 Å². The van der Waals surface area contributed by atoms with Crippen molar-refractivity contribution in [3.8, 4) is 0 Å². The molecule has 0 amide bonds. The predicted molar refractivity (Wildman–Crippen MR) is 131 cm³/mol. The number of aryl methyl sites for hydroxylation is 2. The molecule has 5 rings (SSSR count). The number of fused-ring (bicyclic) bond motifs is 2. The van der Waals surface area contributed by atoms with E-state index in [1.807, 2.05) is 55.6 Å². The van der Waals surface area contributed by atoms with Gasteiger partial charge in [0.05, 0.1) is 16.2 Å². The maximum Gasteiger partial charge on any atom is 0.178 e. The first-order valence-electron chi connectivity index (χ1n) is 10.3. The zero-order valence-electron chi connectivity index (χ0n) is 17.7. The topological polar surface area (TPSA) is 89.8 Å². The molecule has 0 atom stereocenters. The molecule has 0 bridgehead atoms. The van der Waals surface area contributed by atoms with Gasteiger partial charge in [0.25, 0.3) is 0 Å². The van der Waals surface area contributed by atoms with Gasteiger partial charge >= 0.3 is 0 Å². The number of pyridine rings is 1. The minimum atomic E-state index is -3.49. The van der Waals surface area contributed by atoms with Gasteiger partial charge in [-0.3, -0.25) is 0 Å². The number of anilines is 2. The average molecular weight is 478 g/mol. The third kappa shape index (κ3) is 4.40. The molecule has 3 aromatic carbocycles. The fourth-order valence-electron chi connectivity index (χ4n) is 3.76. The van der Waals surface area contributed by atoms with E-state index < -0.39 is 9.84 Å². The van der Waals surface area contributed by atoms with Crippen molar-refractivity contribution in [1.82, 2.24) is 20.0 Å². The van der Waals surface area contributed by atoms with Crippen molar-refractivity contribution in [3.05, 3.63) is 83.5 Å². The van der Waals surface area contributed by atoms with Crippen molar-refractivity contribution in [2.45, 2.75) is 11.3 Å². The Morgan fingerprint density at radius 1 is 1.03 bits per heavy atom. The maximum absolute atomic E-state index is 13.0. The molecule has 0 aliphatic heterocycles. The normalized spacial score (nSPS) is 11.8. The predicted octanol–water partition coefficient (Wildman–Crippen LogP) is 4.93. The van der Waals surface area contributed by atoms with Crippen LogP contribution in [-0.2, 0) is 23.3 Å². The molecule has 33 heavy (non-hydrogen) atoms. The molecule has 0 saturated carbocycles. The number of aromatic nitrogens is 4. The molecule has 0 aliphatic rings. The van der Waals surface area contributed by atoms with Gasteiger partial charge < -0.3 is 5.32 Å². The van der Waals surface area contributed by atoms with E-state index >= 15 is 0 Å². The van der Waals surface area contributed by atoms with Crippen LogP contribution in [0.2, 0.25) is 5.02 Å². The van der Waals surface area contributed by atoms with Gasteiger partial charge in [-0.15, -0.1) is 5.10 Å². The van der Waals surface area contributed by atoms with Crippen molar-refractivity contribution < 1.29 is 8.42 Å². The highest BCUT2D eigenvalue weighted by Crippen LogP contribution is 2.28. The lowest BCUT2D eigenvalue weighted by Gasteiger charge is -2.11. The minimum Gasteiger partial charge on any atom is -0.340 e. The van der Waals surface area contributed by atoms with Gasteiger partial charge in [0.15, 0.2) is 9.84 Å². The van der Waals surface area contributed by atoms with Crippen LogP contribution in [0.4, 0.5) is 11.5 Å². The number of nitrogens with one attached hydrogen (secondary N) is 1. The van der Waals surface area contributed by atoms with Crippen LogP contribution in [0.3, 0.4) is 0 Å². The molecule has 0 spiro atoms. The first-order chi connectivity index (χ1) is 15.9. The summed E-state index contributed by atoms with van der Waals surface area (Å²) in [5.74, 6) is 0.603. The van der Waals surface area contributed by atoms with Crippen LogP contribution in [0.5, 0.6) is 0 Å². The number of sulfone groups is 1. The zero-order chi connectivity index (χ0) is 23.0. The lowest BCUT2D eigenvalue weighted by molar-refractivity contribution is 0.595. The molecule has 0 unspecified atom stereocenters. The summed E-state index contributed by atoms with van der Waals surface area (Å²) in [5.41, 5.74) is 3.19. The summed E-state index contributed by atoms with van der Waals surface area (Å²) in [6, 6.07) is 20.0. The Balaban J connectivity index is 1.37. The lowest BCUT2D eigenvalue weighted by atomic mass is 10.1. The summed E-state index contributed by atoms with van der Waals surface area (Å²) in [5, 5.41) is 13.8. The third-order valence-electron chi connectivity index (χ3n) is 5.52. The molecule has 0 radical (unpaired) electrons. The summed E-state index contributed by atoms with van der Waals surface area (Å²) in [4.78, 5) is 4.66. The number of halogens is 1. The van der Waals surface area contributed by atoms with Crippen LogP contribution in [0.15, 0.2) is 77.8 Å². The molecular weight excluding hydrogens is 458 g/mol. The Morgan fingerprint density at radius 2 is 1.91 bits per heavy atom. The summed E-state index contributed by atoms with van der Waals surface area (Å²) >= 11 is 6.15. The monoisotopic (exact) mass is 477 g/mol. The molecule has 9 heteroatoms. The van der Waals surface area contributed by atoms with E-state index in [9.17, 15) is 8.42 Å². The van der Waals surface area contributed by atoms with Gasteiger partial charge in [-0.1, -0.05) is 35.0 Å². The smallest absolute Gasteiger partial charge is 0.178 e. The van der Waals surface area contributed by atoms with Crippen LogP contribution in [0.25, 0.3) is 21.8 Å². The minimum absolute atomic E-state index is 0.00958. The van der Waals surface area contributed by atoms with E-state index in [-0.39, 0.29) is 10.6 Å². The van der Waals surface area contributed by atoms with E-state index in [0.29, 0.717) is 22.9 Å². The zero-order valence-corrected chi connectivity index (χ0v) is 19.3. The van der Waals surface area contributed by atoms with Gasteiger partial charge in [0, 0.05) is 29.3 Å². The molecule has 0 aliphatic carbocycles. The molecule has 0 fully saturated rings. The maximum atomic E-state index is 13.0. The second-order valence-electron chi connectivity index (χ2n) is 7.78. The lowest BCUT2D eigenvalue weighted by Crippen LogP contribution is -2.09. The van der Waals surface area contributed by atoms with E-state index in [1.54, 1.807) is 29.1 Å². The van der Waals surface area contributed by atoms with Gasteiger partial charge in [-0.05, 0) is 65.9 Å². The van der Waals surface area contributed by atoms with Gasteiger partial charge in [0.2, 0.25) is 0 Å². The highest BCUT2D eigenvalue weighted by atomic mass is 35.5. The number of benzene rings is 3. The van der Waals surface area contributed by atoms with E-state index in [0.717, 1.165) is 27.4 Å². The summed E-state index contributed by atoms with van der Waals surface area (Å²) in [6.07, 6.45) is 2.09. The van der Waals surface area contributed by atoms with E-state index in [1.165, 1.54) is 0 Å². The molecule has 7 nitrogen and oxygen atoms in total. The third-order valence-corrected chi connectivity index (χ3v) is 7.47. The second-order valence-corrected chi connectivity index (χ2v) is 10.3. The SMILES string of the molecule is Cn1nnc2cc(CCS(=O)(=O)c3cccc(Nc4nccc5ccc(Cl)cc45)c3)ccc21. The summed E-state index contributed by atoms with van der Waals surface area (Å²) in [6.45, 7) is 0. The second kappa shape index (κ2) is 8.46. The van der Waals surface area contributed by atoms with E-state index in [4.69, 9.17) is 11.6 Å². The Morgan fingerprint density at radius 3 is 2.79 bits per heavy atom. The molecule has 2 heterocycles. The summed E-state index contributed by atoms with van der Waals surface area (Å²) < 4.78 is 27.8. The number of hydrogen-bond donors (Lipinski definition) is 1. The Labute approximate surface area is 195 Å². The van der Waals surface area contributed by atoms with Crippen molar-refractivity contribution in [2.24, 2.45) is 7.05 Å². The standard InChI is InChI=1S/C24H20ClN5O2S/c1-30-23-8-5-16(13-22(23)28-29-30)10-12-33(31,32)20-4-2-3-19(15-20)27-24-21-14-18(25)7-6-17(21)9-11-26-24/h2-9,11,13-15H,10,12H2,1H3,(H,26,27). The van der Waals surface area contributed by atoms with Crippen LogP contribution >= 0.6 is 11.6 Å². The van der Waals surface area contributed by atoms with Gasteiger partial charge in [-0.25, -0.2) is 18.1 Å². The van der Waals surface area contributed by atoms with E-state index in [2.05, 4.69) is 20.6 Å². The summed E-state index contributed by atoms with van der Waals surface area (Å²) in [7, 11) is -1.67. The number of nitrogens with zero attached hydrogens (tertiary/aromatic N) is 4. The molecule has 2 aromatic heterocycles. The fraction of sp³-hybridized carbons (Fsp3) is 0.125. The average Bonchev–Trinajstić information content (AvgIpc) is 3.18. The number of hydrogen-bond acceptors (Lipinski definition) is 6. The van der Waals surface area contributed by atoms with Crippen molar-refractivity contribution >= 4 is 54.7 Å². The van der Waals surface area contributed by atoms with Crippen LogP contribution < -0.4 is 5.32 Å². The van der Waals surface area contributed by atoms with Crippen molar-refractivity contribution in [1.29, 1.82) is 0 Å². The molecular formula is C24H20ClN5O2S. The van der Waals surface area contributed by atoms with Crippen molar-refractivity contribution in [2.75, 3.05) is 11.1 Å². The van der Waals surface area contributed by atoms with Gasteiger partial charge in [0.1, 0.15) is 11.3 Å². The van der Waals surface area contributed by atoms with Crippen molar-refractivity contribution in [3.63, 3.8) is 0 Å². The van der Waals surface area contributed by atoms with Crippen LogP contribution in [0.1, 0.15) is 5.56 Å². The Kier molecular flexibility index (Phi) is 5.47. The van der Waals surface area contributed by atoms with Crippen LogP contribution in [-0.4, -0.2) is 34.1 Å². The Hall–Kier alpha value is -3.49. The highest BCUT2D eigenvalue weighted by molar-refractivity contribution is 7.91. The molecule has 1 N–H and O–H groups in total. The first kappa shape index (κ1) is 21.4. The Bertz CT molecular complexity index is 1600. The highest BCUT2D eigenvalue weighted by Gasteiger charge is 2.16. The molecule has 0 saturated heterocycles. The quantitative estimate of drug-likeness (QED) is 0.373. The van der Waals surface area contributed by atoms with Crippen LogP contribution in [0, 0.1) is 0 Å². The molecule has 166 valence electrons. The fourth-order valence-corrected chi connectivity index (χ4v) is 5.26. The molecule has 5 aromatic rings. The first-order valence-corrected chi connectivity index (χ1v) is 12.3.